The molecular formula is C14H17ClN4O2. The summed E-state index contributed by atoms with van der Waals surface area (Å²) in [4.78, 5) is 10.4. The Labute approximate surface area is 127 Å². The van der Waals surface area contributed by atoms with Gasteiger partial charge in [-0.15, -0.1) is 0 Å². The number of nitrogens with one attached hydrogen (secondary N) is 1. The van der Waals surface area contributed by atoms with Gasteiger partial charge >= 0.3 is 0 Å². The predicted molar refractivity (Wildman–Crippen MR) is 81.8 cm³/mol. The van der Waals surface area contributed by atoms with Crippen molar-refractivity contribution in [3.05, 3.63) is 51.3 Å². The molecule has 0 bridgehead atoms. The van der Waals surface area contributed by atoms with Gasteiger partial charge in [0.25, 0.3) is 5.69 Å². The quantitative estimate of drug-likeness (QED) is 0.694. The van der Waals surface area contributed by atoms with E-state index in [0.29, 0.717) is 12.2 Å². The maximum Gasteiger partial charge on any atom is 0.290 e. The van der Waals surface area contributed by atoms with Crippen molar-refractivity contribution in [1.82, 2.24) is 15.1 Å². The molecule has 1 aromatic heterocycles. The smallest absolute Gasteiger partial charge is 0.290 e. The molecule has 0 aliphatic heterocycles. The molecule has 0 fully saturated rings. The van der Waals surface area contributed by atoms with Crippen molar-refractivity contribution in [2.24, 2.45) is 0 Å². The third-order valence-corrected chi connectivity index (χ3v) is 3.15. The van der Waals surface area contributed by atoms with E-state index < -0.39 is 4.92 Å². The van der Waals surface area contributed by atoms with Crippen molar-refractivity contribution in [1.29, 1.82) is 0 Å². The third kappa shape index (κ3) is 4.03. The fourth-order valence-electron chi connectivity index (χ4n) is 1.74. The van der Waals surface area contributed by atoms with E-state index in [4.69, 9.17) is 11.6 Å². The molecule has 0 aliphatic carbocycles. The minimum absolute atomic E-state index is 0.00282. The Balaban J connectivity index is 2.22. The maximum absolute atomic E-state index is 10.9. The van der Waals surface area contributed by atoms with Crippen molar-refractivity contribution in [2.75, 3.05) is 0 Å². The van der Waals surface area contributed by atoms with Gasteiger partial charge in [-0.25, -0.2) is 4.68 Å². The van der Waals surface area contributed by atoms with Crippen LogP contribution in [0.15, 0.2) is 30.5 Å². The Morgan fingerprint density at radius 3 is 2.71 bits per heavy atom. The molecule has 1 N–H and O–H groups in total. The van der Waals surface area contributed by atoms with Crippen LogP contribution in [0.3, 0.4) is 0 Å². The average molecular weight is 309 g/mol. The van der Waals surface area contributed by atoms with Gasteiger partial charge in [-0.3, -0.25) is 10.1 Å². The van der Waals surface area contributed by atoms with Crippen LogP contribution < -0.4 is 5.32 Å². The molecule has 2 rings (SSSR count). The highest BCUT2D eigenvalue weighted by Crippen LogP contribution is 2.26. The molecule has 21 heavy (non-hydrogen) atoms. The molecular weight excluding hydrogens is 292 g/mol. The normalized spacial score (nSPS) is 11.6. The van der Waals surface area contributed by atoms with Crippen LogP contribution in [0.1, 0.15) is 26.5 Å². The van der Waals surface area contributed by atoms with E-state index in [-0.39, 0.29) is 16.2 Å². The highest BCUT2D eigenvalue weighted by Gasteiger charge is 2.14. The van der Waals surface area contributed by atoms with Crippen LogP contribution in [0, 0.1) is 10.1 Å². The van der Waals surface area contributed by atoms with Crippen LogP contribution in [0.5, 0.6) is 0 Å². The molecule has 0 saturated heterocycles. The summed E-state index contributed by atoms with van der Waals surface area (Å²) in [6.45, 7) is 6.86. The number of benzene rings is 1. The van der Waals surface area contributed by atoms with Gasteiger partial charge in [0.15, 0.2) is 0 Å². The van der Waals surface area contributed by atoms with Gasteiger partial charge in [-0.1, -0.05) is 11.6 Å². The molecule has 0 radical (unpaired) electrons. The first-order valence-electron chi connectivity index (χ1n) is 6.50. The molecule has 0 amide bonds. The van der Waals surface area contributed by atoms with Crippen molar-refractivity contribution < 1.29 is 4.92 Å². The van der Waals surface area contributed by atoms with E-state index in [2.05, 4.69) is 31.2 Å². The standard InChI is InChI=1S/C14H17ClN4O2/c1-14(2,3)16-9-10-6-7-18(17-10)11-4-5-12(15)13(8-11)19(20)21/h4-8,16H,9H2,1-3H3. The summed E-state index contributed by atoms with van der Waals surface area (Å²) >= 11 is 5.80. The number of rotatable bonds is 4. The van der Waals surface area contributed by atoms with Gasteiger partial charge in [-0.05, 0) is 39.0 Å². The number of halogens is 1. The minimum atomic E-state index is -0.503. The fourth-order valence-corrected chi connectivity index (χ4v) is 1.93. The molecule has 0 saturated carbocycles. The third-order valence-electron chi connectivity index (χ3n) is 2.84. The van der Waals surface area contributed by atoms with Crippen LogP contribution in [0.25, 0.3) is 5.69 Å². The topological polar surface area (TPSA) is 73.0 Å². The maximum atomic E-state index is 10.9. The summed E-state index contributed by atoms with van der Waals surface area (Å²) < 4.78 is 1.60. The first-order valence-corrected chi connectivity index (χ1v) is 6.88. The second-order valence-electron chi connectivity index (χ2n) is 5.75. The zero-order chi connectivity index (χ0) is 15.6. The Morgan fingerprint density at radius 1 is 1.38 bits per heavy atom. The molecule has 0 aliphatic rings. The lowest BCUT2D eigenvalue weighted by Gasteiger charge is -2.19. The van der Waals surface area contributed by atoms with E-state index in [9.17, 15) is 10.1 Å². The van der Waals surface area contributed by atoms with Crippen molar-refractivity contribution >= 4 is 17.3 Å². The Morgan fingerprint density at radius 2 is 2.10 bits per heavy atom. The number of hydrogen-bond acceptors (Lipinski definition) is 4. The lowest BCUT2D eigenvalue weighted by Crippen LogP contribution is -2.35. The zero-order valence-electron chi connectivity index (χ0n) is 12.1. The molecule has 1 heterocycles. The summed E-state index contributed by atoms with van der Waals surface area (Å²) in [6.07, 6.45) is 1.77. The van der Waals surface area contributed by atoms with Crippen LogP contribution in [0.4, 0.5) is 5.69 Å². The average Bonchev–Trinajstić information content (AvgIpc) is 2.84. The van der Waals surface area contributed by atoms with Crippen LogP contribution in [0.2, 0.25) is 5.02 Å². The van der Waals surface area contributed by atoms with Gasteiger partial charge in [0.05, 0.1) is 16.3 Å². The minimum Gasteiger partial charge on any atom is -0.306 e. The molecule has 1 aromatic carbocycles. The molecule has 7 heteroatoms. The van der Waals surface area contributed by atoms with E-state index in [1.165, 1.54) is 12.1 Å². The van der Waals surface area contributed by atoms with Crippen molar-refractivity contribution in [2.45, 2.75) is 32.9 Å². The second kappa shape index (κ2) is 5.83. The summed E-state index contributed by atoms with van der Waals surface area (Å²) in [7, 11) is 0. The Kier molecular flexibility index (Phi) is 4.29. The Hall–Kier alpha value is -1.92. The zero-order valence-corrected chi connectivity index (χ0v) is 12.9. The highest BCUT2D eigenvalue weighted by molar-refractivity contribution is 6.32. The fraction of sp³-hybridized carbons (Fsp3) is 0.357. The number of aromatic nitrogens is 2. The van der Waals surface area contributed by atoms with Crippen molar-refractivity contribution in [3.63, 3.8) is 0 Å². The summed E-state index contributed by atoms with van der Waals surface area (Å²) in [5, 5.41) is 18.8. The van der Waals surface area contributed by atoms with E-state index >= 15 is 0 Å². The van der Waals surface area contributed by atoms with Gasteiger partial charge < -0.3 is 5.32 Å². The second-order valence-corrected chi connectivity index (χ2v) is 6.16. The molecule has 6 nitrogen and oxygen atoms in total. The number of hydrogen-bond donors (Lipinski definition) is 1. The summed E-state index contributed by atoms with van der Waals surface area (Å²) in [6, 6.07) is 6.49. The number of nitro benzene ring substituents is 1. The molecule has 0 unspecified atom stereocenters. The lowest BCUT2D eigenvalue weighted by atomic mass is 10.1. The van der Waals surface area contributed by atoms with Gasteiger partial charge in [0.2, 0.25) is 0 Å². The summed E-state index contributed by atoms with van der Waals surface area (Å²) in [5.41, 5.74) is 1.35. The van der Waals surface area contributed by atoms with Crippen LogP contribution in [-0.4, -0.2) is 20.2 Å². The first-order chi connectivity index (χ1) is 9.76. The molecule has 0 atom stereocenters. The first kappa shape index (κ1) is 15.5. The van der Waals surface area contributed by atoms with E-state index in [1.807, 2.05) is 6.07 Å². The van der Waals surface area contributed by atoms with Gasteiger partial charge in [0, 0.05) is 24.3 Å². The largest absolute Gasteiger partial charge is 0.306 e. The van der Waals surface area contributed by atoms with E-state index in [1.54, 1.807) is 16.9 Å². The lowest BCUT2D eigenvalue weighted by molar-refractivity contribution is -0.384. The molecule has 2 aromatic rings. The SMILES string of the molecule is CC(C)(C)NCc1ccn(-c2ccc(Cl)c([N+](=O)[O-])c2)n1. The Bertz CT molecular complexity index is 661. The number of nitro groups is 1. The van der Waals surface area contributed by atoms with Gasteiger partial charge in [0.1, 0.15) is 5.02 Å². The molecule has 112 valence electrons. The van der Waals surface area contributed by atoms with Crippen molar-refractivity contribution in [3.8, 4) is 5.69 Å². The predicted octanol–water partition coefficient (Wildman–Crippen LogP) is 3.32. The van der Waals surface area contributed by atoms with Gasteiger partial charge in [-0.2, -0.15) is 5.10 Å². The van der Waals surface area contributed by atoms with E-state index in [0.717, 1.165) is 5.69 Å². The monoisotopic (exact) mass is 308 g/mol. The molecule has 0 spiro atoms. The van der Waals surface area contributed by atoms with Crippen LogP contribution in [-0.2, 0) is 6.54 Å². The van der Waals surface area contributed by atoms with Crippen LogP contribution >= 0.6 is 11.6 Å². The number of nitrogens with zero attached hydrogens (tertiary/aromatic N) is 3. The summed E-state index contributed by atoms with van der Waals surface area (Å²) in [5.74, 6) is 0. The highest BCUT2D eigenvalue weighted by atomic mass is 35.5.